The summed E-state index contributed by atoms with van der Waals surface area (Å²) >= 11 is 0. The van der Waals surface area contributed by atoms with E-state index in [4.69, 9.17) is 14.1 Å². The highest BCUT2D eigenvalue weighted by Gasteiger charge is 2.42. The Morgan fingerprint density at radius 2 is 1.87 bits per heavy atom. The van der Waals surface area contributed by atoms with E-state index >= 15 is 0 Å². The van der Waals surface area contributed by atoms with Crippen molar-refractivity contribution in [1.82, 2.24) is 0 Å². The molecule has 0 unspecified atom stereocenters. The van der Waals surface area contributed by atoms with Crippen LogP contribution >= 0.6 is 0 Å². The molecule has 1 atom stereocenters. The standard InChI is InChI=1S/C19H21BF2O9/c1-19(21,22)14(23)9-12-8-11-4-3-5-13(17(11)31-20(12)27)18(26)30-10-29-16(25)7-6-15(24)28-2/h3-5,12,27H,6-10H2,1-2H3/t12-/m1/s1. The van der Waals surface area contributed by atoms with E-state index in [-0.39, 0.29) is 30.6 Å². The summed E-state index contributed by atoms with van der Waals surface area (Å²) in [5.74, 6) is -8.06. The van der Waals surface area contributed by atoms with Gasteiger partial charge in [-0.25, -0.2) is 4.79 Å². The Morgan fingerprint density at radius 3 is 2.52 bits per heavy atom. The Labute approximate surface area is 176 Å². The highest BCUT2D eigenvalue weighted by Crippen LogP contribution is 2.37. The van der Waals surface area contributed by atoms with Crippen molar-refractivity contribution in [3.8, 4) is 5.75 Å². The maximum Gasteiger partial charge on any atom is 0.526 e. The van der Waals surface area contributed by atoms with Crippen LogP contribution in [0.2, 0.25) is 5.82 Å². The van der Waals surface area contributed by atoms with Crippen LogP contribution in [0.1, 0.15) is 42.1 Å². The SMILES string of the molecule is COC(=O)CCC(=O)OCOC(=O)c1cccc2c1OB(O)[C@@H](CC(=O)C(C)(F)F)C2. The molecule has 0 radical (unpaired) electrons. The first-order valence-electron chi connectivity index (χ1n) is 9.30. The van der Waals surface area contributed by atoms with Crippen LogP contribution in [0.4, 0.5) is 8.78 Å². The largest absolute Gasteiger partial charge is 0.535 e. The highest BCUT2D eigenvalue weighted by molar-refractivity contribution is 6.47. The minimum Gasteiger partial charge on any atom is -0.535 e. The van der Waals surface area contributed by atoms with E-state index < -0.39 is 55.8 Å². The van der Waals surface area contributed by atoms with Crippen molar-refractivity contribution in [3.63, 3.8) is 0 Å². The normalized spacial score (nSPS) is 15.4. The van der Waals surface area contributed by atoms with E-state index in [1.165, 1.54) is 19.2 Å². The summed E-state index contributed by atoms with van der Waals surface area (Å²) in [6.07, 6.45) is -1.01. The second kappa shape index (κ2) is 10.3. The third-order valence-corrected chi connectivity index (χ3v) is 4.55. The number of hydrogen-bond donors (Lipinski definition) is 1. The van der Waals surface area contributed by atoms with Crippen molar-refractivity contribution in [2.75, 3.05) is 13.9 Å². The van der Waals surface area contributed by atoms with Crippen LogP contribution in [0.3, 0.4) is 0 Å². The summed E-state index contributed by atoms with van der Waals surface area (Å²) < 4.78 is 45.6. The van der Waals surface area contributed by atoms with Crippen LogP contribution in [0.25, 0.3) is 0 Å². The van der Waals surface area contributed by atoms with Gasteiger partial charge in [0.25, 0.3) is 0 Å². The zero-order valence-corrected chi connectivity index (χ0v) is 16.9. The van der Waals surface area contributed by atoms with E-state index in [1.54, 1.807) is 6.07 Å². The number of alkyl halides is 2. The lowest BCUT2D eigenvalue weighted by Gasteiger charge is -2.28. The average molecular weight is 442 g/mol. The molecule has 1 aromatic carbocycles. The first-order chi connectivity index (χ1) is 14.5. The molecule has 0 amide bonds. The fourth-order valence-corrected chi connectivity index (χ4v) is 2.84. The molecule has 0 saturated heterocycles. The third-order valence-electron chi connectivity index (χ3n) is 4.55. The van der Waals surface area contributed by atoms with Gasteiger partial charge in [-0.05, 0) is 18.1 Å². The Bertz CT molecular complexity index is 853. The lowest BCUT2D eigenvalue weighted by atomic mass is 9.64. The zero-order valence-electron chi connectivity index (χ0n) is 16.9. The molecule has 0 saturated carbocycles. The van der Waals surface area contributed by atoms with Gasteiger partial charge in [0, 0.05) is 19.2 Å². The van der Waals surface area contributed by atoms with Crippen LogP contribution in [-0.2, 0) is 35.0 Å². The van der Waals surface area contributed by atoms with Crippen molar-refractivity contribution < 1.29 is 51.8 Å². The van der Waals surface area contributed by atoms with Gasteiger partial charge in [0.1, 0.15) is 11.3 Å². The summed E-state index contributed by atoms with van der Waals surface area (Å²) in [5.41, 5.74) is 0.347. The van der Waals surface area contributed by atoms with Gasteiger partial charge in [0.2, 0.25) is 12.6 Å². The number of para-hydroxylation sites is 1. The molecule has 0 spiro atoms. The first kappa shape index (κ1) is 24.3. The molecule has 31 heavy (non-hydrogen) atoms. The predicted octanol–water partition coefficient (Wildman–Crippen LogP) is 1.70. The maximum absolute atomic E-state index is 13.2. The second-order valence-corrected chi connectivity index (χ2v) is 6.92. The van der Waals surface area contributed by atoms with E-state index in [0.717, 1.165) is 0 Å². The number of carbonyl (C=O) groups is 4. The lowest BCUT2D eigenvalue weighted by Crippen LogP contribution is -2.38. The molecule has 1 N–H and O–H groups in total. The van der Waals surface area contributed by atoms with Crippen molar-refractivity contribution >= 4 is 30.8 Å². The fourth-order valence-electron chi connectivity index (χ4n) is 2.84. The number of methoxy groups -OCH3 is 1. The van der Waals surface area contributed by atoms with Crippen LogP contribution in [0, 0.1) is 0 Å². The number of Topliss-reactive ketones (excluding diaryl/α,β-unsaturated/α-hetero) is 1. The van der Waals surface area contributed by atoms with Gasteiger partial charge < -0.3 is 23.9 Å². The van der Waals surface area contributed by atoms with E-state index in [2.05, 4.69) is 4.74 Å². The van der Waals surface area contributed by atoms with Crippen LogP contribution in [0.15, 0.2) is 18.2 Å². The van der Waals surface area contributed by atoms with Gasteiger partial charge in [0.15, 0.2) is 0 Å². The van der Waals surface area contributed by atoms with Crippen LogP contribution in [-0.4, -0.2) is 55.7 Å². The monoisotopic (exact) mass is 442 g/mol. The van der Waals surface area contributed by atoms with E-state index in [1.807, 2.05) is 0 Å². The van der Waals surface area contributed by atoms with E-state index in [0.29, 0.717) is 12.5 Å². The maximum atomic E-state index is 13.2. The van der Waals surface area contributed by atoms with E-state index in [9.17, 15) is 33.0 Å². The van der Waals surface area contributed by atoms with Crippen molar-refractivity contribution in [1.29, 1.82) is 0 Å². The summed E-state index contributed by atoms with van der Waals surface area (Å²) in [4.78, 5) is 46.4. The van der Waals surface area contributed by atoms with Crippen molar-refractivity contribution in [2.45, 2.75) is 44.3 Å². The number of benzene rings is 1. The number of ketones is 1. The molecule has 168 valence electrons. The number of halogens is 2. The molecule has 9 nitrogen and oxygen atoms in total. The van der Waals surface area contributed by atoms with Crippen molar-refractivity contribution in [3.05, 3.63) is 29.3 Å². The molecule has 1 aliphatic heterocycles. The molecule has 1 aliphatic rings. The minimum absolute atomic E-state index is 0.0102. The number of carbonyl (C=O) groups excluding carboxylic acids is 4. The van der Waals surface area contributed by atoms with Crippen LogP contribution in [0.5, 0.6) is 5.75 Å². The molecule has 0 aromatic heterocycles. The summed E-state index contributed by atoms with van der Waals surface area (Å²) in [6.45, 7) is -0.233. The predicted molar refractivity (Wildman–Crippen MR) is 100 cm³/mol. The smallest absolute Gasteiger partial charge is 0.526 e. The fraction of sp³-hybridized carbons (Fsp3) is 0.474. The summed E-state index contributed by atoms with van der Waals surface area (Å²) in [7, 11) is -0.405. The Hall–Kier alpha value is -3.02. The molecule has 12 heteroatoms. The lowest BCUT2D eigenvalue weighted by molar-refractivity contribution is -0.155. The van der Waals surface area contributed by atoms with Gasteiger partial charge in [-0.2, -0.15) is 8.78 Å². The van der Waals surface area contributed by atoms with Gasteiger partial charge in [0.05, 0.1) is 20.0 Å². The molecular formula is C19H21BF2O9. The second-order valence-electron chi connectivity index (χ2n) is 6.92. The minimum atomic E-state index is -3.53. The van der Waals surface area contributed by atoms with Gasteiger partial charge in [-0.3, -0.25) is 14.4 Å². The zero-order chi connectivity index (χ0) is 23.2. The molecule has 2 rings (SSSR count). The van der Waals surface area contributed by atoms with Gasteiger partial charge in [-0.1, -0.05) is 12.1 Å². The molecule has 0 bridgehead atoms. The average Bonchev–Trinajstić information content (AvgIpc) is 2.71. The highest BCUT2D eigenvalue weighted by atomic mass is 19.3. The number of ether oxygens (including phenoxy) is 3. The molecule has 0 aliphatic carbocycles. The third kappa shape index (κ3) is 6.74. The number of rotatable bonds is 9. The molecule has 0 fully saturated rings. The molecular weight excluding hydrogens is 421 g/mol. The van der Waals surface area contributed by atoms with Crippen LogP contribution < -0.4 is 4.65 Å². The van der Waals surface area contributed by atoms with Crippen molar-refractivity contribution in [2.24, 2.45) is 0 Å². The van der Waals surface area contributed by atoms with Gasteiger partial charge in [-0.15, -0.1) is 0 Å². The Kier molecular flexibility index (Phi) is 8.09. The number of hydrogen-bond acceptors (Lipinski definition) is 9. The summed E-state index contributed by atoms with van der Waals surface area (Å²) in [6, 6.07) is 4.40. The van der Waals surface area contributed by atoms with Gasteiger partial charge >= 0.3 is 30.9 Å². The molecule has 1 aromatic rings. The number of esters is 3. The Morgan fingerprint density at radius 1 is 1.19 bits per heavy atom. The summed E-state index contributed by atoms with van der Waals surface area (Å²) in [5, 5.41) is 10.1. The number of fused-ring (bicyclic) bond motifs is 1. The topological polar surface area (TPSA) is 125 Å². The molecule has 1 heterocycles. The first-order valence-corrected chi connectivity index (χ1v) is 9.30. The Balaban J connectivity index is 1.97. The quantitative estimate of drug-likeness (QED) is 0.346.